The smallest absolute Gasteiger partial charge is 0.193 e. The van der Waals surface area contributed by atoms with E-state index in [1.165, 1.54) is 5.56 Å². The number of rotatable bonds is 8. The molecule has 0 amide bonds. The van der Waals surface area contributed by atoms with Gasteiger partial charge in [0.2, 0.25) is 0 Å². The second-order valence-electron chi connectivity index (χ2n) is 4.66. The molecule has 0 saturated carbocycles. The number of benzene rings is 1. The molecule has 0 unspecified atom stereocenters. The van der Waals surface area contributed by atoms with E-state index in [1.54, 1.807) is 0 Å². The molecule has 0 spiro atoms. The molecule has 1 N–H and O–H groups in total. The largest absolute Gasteiger partial charge is 0.494 e. The zero-order valence-electron chi connectivity index (χ0n) is 14.0. The highest BCUT2D eigenvalue weighted by Gasteiger charge is 2.06. The van der Waals surface area contributed by atoms with Crippen LogP contribution in [-0.2, 0) is 6.54 Å². The molecule has 0 aliphatic rings. The normalized spacial score (nSPS) is 10.8. The first kappa shape index (κ1) is 21.4. The average Bonchev–Trinajstić information content (AvgIpc) is 2.49. The third-order valence-electron chi connectivity index (χ3n) is 2.91. The molecule has 0 fully saturated rings. The molecule has 1 rings (SSSR count). The number of aliphatic imine (C=N–C) groups is 1. The van der Waals surface area contributed by atoms with E-state index in [-0.39, 0.29) is 24.0 Å². The Morgan fingerprint density at radius 2 is 1.95 bits per heavy atom. The predicted molar refractivity (Wildman–Crippen MR) is 109 cm³/mol. The second kappa shape index (κ2) is 12.9. The number of guanidine groups is 1. The maximum atomic E-state index is 5.47. The Balaban J connectivity index is 0.00000441. The highest BCUT2D eigenvalue weighted by atomic mass is 127. The van der Waals surface area contributed by atoms with E-state index in [0.717, 1.165) is 37.1 Å². The lowest BCUT2D eigenvalue weighted by atomic mass is 10.2. The van der Waals surface area contributed by atoms with Gasteiger partial charge in [0.05, 0.1) is 13.2 Å². The Kier molecular flexibility index (Phi) is 12.5. The minimum atomic E-state index is 0. The van der Waals surface area contributed by atoms with Crippen molar-refractivity contribution >= 4 is 41.7 Å². The van der Waals surface area contributed by atoms with Gasteiger partial charge < -0.3 is 15.0 Å². The van der Waals surface area contributed by atoms with E-state index in [4.69, 9.17) is 4.74 Å². The van der Waals surface area contributed by atoms with Crippen LogP contribution in [0.1, 0.15) is 19.4 Å². The molecule has 0 bridgehead atoms. The lowest BCUT2D eigenvalue weighted by molar-refractivity contribution is 0.340. The fourth-order valence-corrected chi connectivity index (χ4v) is 2.19. The first-order valence-electron chi connectivity index (χ1n) is 7.41. The molecule has 0 aliphatic heterocycles. The molecule has 1 aromatic rings. The van der Waals surface area contributed by atoms with Crippen LogP contribution in [0.15, 0.2) is 29.3 Å². The van der Waals surface area contributed by atoms with Crippen LogP contribution >= 0.6 is 35.7 Å². The van der Waals surface area contributed by atoms with Crippen LogP contribution in [0.25, 0.3) is 0 Å². The number of hydrogen-bond donors (Lipinski definition) is 1. The van der Waals surface area contributed by atoms with Crippen molar-refractivity contribution in [2.24, 2.45) is 4.99 Å². The Morgan fingerprint density at radius 3 is 2.50 bits per heavy atom. The van der Waals surface area contributed by atoms with Gasteiger partial charge in [-0.25, -0.2) is 0 Å². The maximum Gasteiger partial charge on any atom is 0.193 e. The minimum Gasteiger partial charge on any atom is -0.494 e. The fourth-order valence-electron chi connectivity index (χ4n) is 1.92. The van der Waals surface area contributed by atoms with Crippen LogP contribution in [0.2, 0.25) is 0 Å². The van der Waals surface area contributed by atoms with Gasteiger partial charge in [-0.3, -0.25) is 4.99 Å². The summed E-state index contributed by atoms with van der Waals surface area (Å²) in [6, 6.07) is 8.24. The van der Waals surface area contributed by atoms with Crippen molar-refractivity contribution in [1.29, 1.82) is 0 Å². The molecule has 6 heteroatoms. The van der Waals surface area contributed by atoms with E-state index in [1.807, 2.05) is 30.8 Å². The zero-order chi connectivity index (χ0) is 15.5. The van der Waals surface area contributed by atoms with Gasteiger partial charge in [0.25, 0.3) is 0 Å². The number of halogens is 1. The highest BCUT2D eigenvalue weighted by Crippen LogP contribution is 2.13. The van der Waals surface area contributed by atoms with E-state index in [9.17, 15) is 0 Å². The SMILES string of the molecule is CCNC(=NCCSC)N(C)Cc1ccc(OCC)cc1.I. The van der Waals surface area contributed by atoms with E-state index in [2.05, 4.69) is 47.6 Å². The summed E-state index contributed by atoms with van der Waals surface area (Å²) in [5.41, 5.74) is 1.25. The van der Waals surface area contributed by atoms with E-state index in [0.29, 0.717) is 6.61 Å². The predicted octanol–water partition coefficient (Wildman–Crippen LogP) is 3.46. The Labute approximate surface area is 156 Å². The monoisotopic (exact) mass is 437 g/mol. The zero-order valence-corrected chi connectivity index (χ0v) is 17.1. The summed E-state index contributed by atoms with van der Waals surface area (Å²) in [7, 11) is 2.07. The van der Waals surface area contributed by atoms with Crippen molar-refractivity contribution in [1.82, 2.24) is 10.2 Å². The topological polar surface area (TPSA) is 36.9 Å². The van der Waals surface area contributed by atoms with Gasteiger partial charge in [0.15, 0.2) is 5.96 Å². The molecule has 1 aromatic carbocycles. The van der Waals surface area contributed by atoms with Gasteiger partial charge >= 0.3 is 0 Å². The molecule has 0 atom stereocenters. The lowest BCUT2D eigenvalue weighted by Gasteiger charge is -2.22. The Bertz CT molecular complexity index is 426. The summed E-state index contributed by atoms with van der Waals surface area (Å²) in [4.78, 5) is 6.78. The van der Waals surface area contributed by atoms with E-state index >= 15 is 0 Å². The molecule has 0 aliphatic carbocycles. The van der Waals surface area contributed by atoms with Gasteiger partial charge in [-0.05, 0) is 37.8 Å². The van der Waals surface area contributed by atoms with Gasteiger partial charge in [-0.15, -0.1) is 24.0 Å². The lowest BCUT2D eigenvalue weighted by Crippen LogP contribution is -2.38. The molecular weight excluding hydrogens is 409 g/mol. The first-order valence-corrected chi connectivity index (χ1v) is 8.80. The van der Waals surface area contributed by atoms with Gasteiger partial charge in [-0.1, -0.05) is 12.1 Å². The second-order valence-corrected chi connectivity index (χ2v) is 5.65. The first-order chi connectivity index (χ1) is 10.2. The summed E-state index contributed by atoms with van der Waals surface area (Å²) in [5, 5.41) is 3.34. The number of ether oxygens (including phenoxy) is 1. The molecule has 0 saturated heterocycles. The highest BCUT2D eigenvalue weighted by molar-refractivity contribution is 14.0. The third kappa shape index (κ3) is 8.12. The summed E-state index contributed by atoms with van der Waals surface area (Å²) in [5.74, 6) is 2.93. The molecular formula is C16H28IN3OS. The molecule has 0 aromatic heterocycles. The maximum absolute atomic E-state index is 5.47. The Hall–Kier alpha value is -0.630. The van der Waals surface area contributed by atoms with Crippen molar-refractivity contribution in [2.45, 2.75) is 20.4 Å². The molecule has 0 heterocycles. The standard InChI is InChI=1S/C16H27N3OS.HI/c1-5-17-16(18-11-12-21-4)19(3)13-14-7-9-15(10-8-14)20-6-2;/h7-10H,5-6,11-13H2,1-4H3,(H,17,18);1H. The van der Waals surface area contributed by atoms with Gasteiger partial charge in [-0.2, -0.15) is 11.8 Å². The summed E-state index contributed by atoms with van der Waals surface area (Å²) >= 11 is 1.82. The van der Waals surface area contributed by atoms with Crippen molar-refractivity contribution < 1.29 is 4.74 Å². The quantitative estimate of drug-likeness (QED) is 0.293. The van der Waals surface area contributed by atoms with Crippen molar-refractivity contribution in [2.75, 3.05) is 38.8 Å². The van der Waals surface area contributed by atoms with Crippen LogP contribution in [0.4, 0.5) is 0 Å². The van der Waals surface area contributed by atoms with Crippen LogP contribution in [0.3, 0.4) is 0 Å². The number of nitrogens with zero attached hydrogens (tertiary/aromatic N) is 2. The van der Waals surface area contributed by atoms with Gasteiger partial charge in [0.1, 0.15) is 5.75 Å². The van der Waals surface area contributed by atoms with Crippen molar-refractivity contribution in [3.63, 3.8) is 0 Å². The van der Waals surface area contributed by atoms with Crippen molar-refractivity contribution in [3.8, 4) is 5.75 Å². The number of nitrogens with one attached hydrogen (secondary N) is 1. The average molecular weight is 437 g/mol. The number of thioether (sulfide) groups is 1. The Morgan fingerprint density at radius 1 is 1.27 bits per heavy atom. The molecule has 0 radical (unpaired) electrons. The van der Waals surface area contributed by atoms with Crippen LogP contribution in [-0.4, -0.2) is 49.6 Å². The molecule has 22 heavy (non-hydrogen) atoms. The molecule has 4 nitrogen and oxygen atoms in total. The molecule has 126 valence electrons. The third-order valence-corrected chi connectivity index (χ3v) is 3.50. The van der Waals surface area contributed by atoms with E-state index < -0.39 is 0 Å². The summed E-state index contributed by atoms with van der Waals surface area (Å²) in [6.07, 6.45) is 2.10. The number of hydrogen-bond acceptors (Lipinski definition) is 3. The summed E-state index contributed by atoms with van der Waals surface area (Å²) < 4.78 is 5.47. The van der Waals surface area contributed by atoms with Crippen LogP contribution < -0.4 is 10.1 Å². The van der Waals surface area contributed by atoms with Crippen LogP contribution in [0, 0.1) is 0 Å². The summed E-state index contributed by atoms with van der Waals surface area (Å²) in [6.45, 7) is 7.34. The van der Waals surface area contributed by atoms with Crippen LogP contribution in [0.5, 0.6) is 5.75 Å². The minimum absolute atomic E-state index is 0. The fraction of sp³-hybridized carbons (Fsp3) is 0.562. The van der Waals surface area contributed by atoms with Gasteiger partial charge in [0, 0.05) is 25.9 Å². The van der Waals surface area contributed by atoms with Crippen molar-refractivity contribution in [3.05, 3.63) is 29.8 Å².